The smallest absolute Gasteiger partial charge is 0.239 e. The van der Waals surface area contributed by atoms with Gasteiger partial charge in [0.1, 0.15) is 11.9 Å². The first-order valence-corrected chi connectivity index (χ1v) is 10.1. The molecule has 0 saturated carbocycles. The third-order valence-corrected chi connectivity index (χ3v) is 5.65. The van der Waals surface area contributed by atoms with Crippen molar-refractivity contribution in [2.24, 2.45) is 5.73 Å². The summed E-state index contributed by atoms with van der Waals surface area (Å²) in [5.74, 6) is 1.31. The van der Waals surface area contributed by atoms with Crippen LogP contribution in [0.4, 0.5) is 5.82 Å². The number of amides is 1. The van der Waals surface area contributed by atoms with E-state index in [0.29, 0.717) is 5.82 Å². The first-order chi connectivity index (χ1) is 14.5. The van der Waals surface area contributed by atoms with E-state index in [0.717, 1.165) is 54.4 Å². The topological polar surface area (TPSA) is 88.2 Å². The van der Waals surface area contributed by atoms with E-state index in [1.165, 1.54) is 0 Å². The number of benzene rings is 1. The van der Waals surface area contributed by atoms with Crippen molar-refractivity contribution in [2.45, 2.75) is 19.9 Å². The molecular formula is C23H26N6O. The van der Waals surface area contributed by atoms with Crippen LogP contribution in [0.15, 0.2) is 54.9 Å². The second kappa shape index (κ2) is 8.59. The van der Waals surface area contributed by atoms with Crippen LogP contribution < -0.4 is 10.6 Å². The highest BCUT2D eigenvalue weighted by Gasteiger charge is 2.30. The molecule has 0 spiro atoms. The van der Waals surface area contributed by atoms with Crippen molar-refractivity contribution in [3.05, 3.63) is 71.7 Å². The van der Waals surface area contributed by atoms with Crippen molar-refractivity contribution in [1.82, 2.24) is 19.9 Å². The molecule has 2 aromatic heterocycles. The number of anilines is 1. The molecule has 1 fully saturated rings. The van der Waals surface area contributed by atoms with E-state index in [1.54, 1.807) is 12.4 Å². The molecule has 3 aromatic rings. The number of carbonyl (C=O) groups is 1. The third-order valence-electron chi connectivity index (χ3n) is 5.65. The van der Waals surface area contributed by atoms with E-state index in [1.807, 2.05) is 49.4 Å². The zero-order chi connectivity index (χ0) is 21.1. The lowest BCUT2D eigenvalue weighted by atomic mass is 10.0. The molecular weight excluding hydrogens is 376 g/mol. The summed E-state index contributed by atoms with van der Waals surface area (Å²) >= 11 is 0. The minimum Gasteiger partial charge on any atom is -0.368 e. The largest absolute Gasteiger partial charge is 0.368 e. The second-order valence-electron chi connectivity index (χ2n) is 7.56. The molecule has 2 N–H and O–H groups in total. The molecule has 1 aromatic carbocycles. The van der Waals surface area contributed by atoms with Crippen molar-refractivity contribution in [3.63, 3.8) is 0 Å². The minimum absolute atomic E-state index is 0.317. The van der Waals surface area contributed by atoms with Gasteiger partial charge in [-0.3, -0.25) is 14.7 Å². The Morgan fingerprint density at radius 1 is 1.00 bits per heavy atom. The number of aryl methyl sites for hydroxylation is 1. The van der Waals surface area contributed by atoms with E-state index >= 15 is 0 Å². The molecule has 0 bridgehead atoms. The van der Waals surface area contributed by atoms with Gasteiger partial charge in [-0.05, 0) is 31.5 Å². The number of piperazine rings is 1. The van der Waals surface area contributed by atoms with Crippen LogP contribution in [0.2, 0.25) is 0 Å². The molecule has 7 heteroatoms. The maximum absolute atomic E-state index is 12.2. The SMILES string of the molecule is Cc1nc(-c2cccnc2)nc(N2CCN(C(C(N)=O)c3ccccc3)CC2)c1C. The Labute approximate surface area is 176 Å². The average molecular weight is 403 g/mol. The molecule has 1 aliphatic heterocycles. The Bertz CT molecular complexity index is 1020. The van der Waals surface area contributed by atoms with Crippen molar-refractivity contribution < 1.29 is 4.79 Å². The number of hydrogen-bond donors (Lipinski definition) is 1. The van der Waals surface area contributed by atoms with Crippen LogP contribution in [0, 0.1) is 13.8 Å². The van der Waals surface area contributed by atoms with Gasteiger partial charge in [0.2, 0.25) is 5.91 Å². The van der Waals surface area contributed by atoms with E-state index in [9.17, 15) is 4.79 Å². The van der Waals surface area contributed by atoms with Gasteiger partial charge in [-0.15, -0.1) is 0 Å². The Balaban J connectivity index is 1.55. The molecule has 154 valence electrons. The van der Waals surface area contributed by atoms with Crippen LogP contribution in [0.3, 0.4) is 0 Å². The van der Waals surface area contributed by atoms with Gasteiger partial charge >= 0.3 is 0 Å². The Morgan fingerprint density at radius 2 is 1.73 bits per heavy atom. The quantitative estimate of drug-likeness (QED) is 0.705. The molecule has 1 amide bonds. The zero-order valence-corrected chi connectivity index (χ0v) is 17.3. The summed E-state index contributed by atoms with van der Waals surface area (Å²) in [4.78, 5) is 30.3. The summed E-state index contributed by atoms with van der Waals surface area (Å²) in [6.07, 6.45) is 3.52. The van der Waals surface area contributed by atoms with Gasteiger partial charge in [0.05, 0.1) is 0 Å². The number of carbonyl (C=O) groups excluding carboxylic acids is 1. The van der Waals surface area contributed by atoms with Gasteiger partial charge < -0.3 is 10.6 Å². The molecule has 4 rings (SSSR count). The number of hydrogen-bond acceptors (Lipinski definition) is 6. The van der Waals surface area contributed by atoms with Crippen molar-refractivity contribution in [1.29, 1.82) is 0 Å². The van der Waals surface area contributed by atoms with E-state index in [4.69, 9.17) is 10.7 Å². The third kappa shape index (κ3) is 4.02. The standard InChI is InChI=1S/C23H26N6O/c1-16-17(2)26-22(19-9-6-10-25-15-19)27-23(16)29-13-11-28(12-14-29)20(21(24)30)18-7-4-3-5-8-18/h3-10,15,20H,11-14H2,1-2H3,(H2,24,30). The first kappa shape index (κ1) is 20.0. The summed E-state index contributed by atoms with van der Waals surface area (Å²) < 4.78 is 0. The summed E-state index contributed by atoms with van der Waals surface area (Å²) in [6, 6.07) is 13.2. The van der Waals surface area contributed by atoms with Gasteiger partial charge in [0.15, 0.2) is 5.82 Å². The Hall–Kier alpha value is -3.32. The maximum atomic E-state index is 12.2. The monoisotopic (exact) mass is 402 g/mol. The van der Waals surface area contributed by atoms with Gasteiger partial charge in [-0.1, -0.05) is 30.3 Å². The lowest BCUT2D eigenvalue weighted by Crippen LogP contribution is -2.50. The van der Waals surface area contributed by atoms with E-state index in [2.05, 4.69) is 26.7 Å². The fourth-order valence-corrected chi connectivity index (χ4v) is 3.93. The molecule has 1 atom stereocenters. The molecule has 0 radical (unpaired) electrons. The van der Waals surface area contributed by atoms with Crippen molar-refractivity contribution in [2.75, 3.05) is 31.1 Å². The molecule has 7 nitrogen and oxygen atoms in total. The van der Waals surface area contributed by atoms with Gasteiger partial charge in [0, 0.05) is 55.4 Å². The van der Waals surface area contributed by atoms with Crippen LogP contribution in [0.5, 0.6) is 0 Å². The number of primary amides is 1. The second-order valence-corrected chi connectivity index (χ2v) is 7.56. The van der Waals surface area contributed by atoms with Crippen molar-refractivity contribution in [3.8, 4) is 11.4 Å². The Morgan fingerprint density at radius 3 is 2.37 bits per heavy atom. The molecule has 0 aliphatic carbocycles. The summed E-state index contributed by atoms with van der Waals surface area (Å²) in [5.41, 5.74) is 9.62. The molecule has 30 heavy (non-hydrogen) atoms. The van der Waals surface area contributed by atoms with Crippen LogP contribution in [-0.4, -0.2) is 51.9 Å². The molecule has 1 saturated heterocycles. The number of pyridine rings is 1. The predicted molar refractivity (Wildman–Crippen MR) is 117 cm³/mol. The predicted octanol–water partition coefficient (Wildman–Crippen LogP) is 2.50. The summed E-state index contributed by atoms with van der Waals surface area (Å²) in [7, 11) is 0. The van der Waals surface area contributed by atoms with Crippen molar-refractivity contribution >= 4 is 11.7 Å². The maximum Gasteiger partial charge on any atom is 0.239 e. The van der Waals surface area contributed by atoms with E-state index in [-0.39, 0.29) is 5.91 Å². The fourth-order valence-electron chi connectivity index (χ4n) is 3.93. The normalized spacial score (nSPS) is 15.7. The highest BCUT2D eigenvalue weighted by Crippen LogP contribution is 2.27. The van der Waals surface area contributed by atoms with Gasteiger partial charge in [-0.2, -0.15) is 0 Å². The first-order valence-electron chi connectivity index (χ1n) is 10.1. The summed E-state index contributed by atoms with van der Waals surface area (Å²) in [5, 5.41) is 0. The van der Waals surface area contributed by atoms with Gasteiger partial charge in [-0.25, -0.2) is 9.97 Å². The van der Waals surface area contributed by atoms with Crippen LogP contribution in [0.25, 0.3) is 11.4 Å². The average Bonchev–Trinajstić information content (AvgIpc) is 2.77. The van der Waals surface area contributed by atoms with Crippen LogP contribution in [-0.2, 0) is 4.79 Å². The number of rotatable bonds is 5. The molecule has 1 aliphatic rings. The Kier molecular flexibility index (Phi) is 5.72. The zero-order valence-electron chi connectivity index (χ0n) is 17.3. The number of aromatic nitrogens is 3. The highest BCUT2D eigenvalue weighted by molar-refractivity contribution is 5.81. The van der Waals surface area contributed by atoms with Crippen LogP contribution in [0.1, 0.15) is 22.9 Å². The van der Waals surface area contributed by atoms with Gasteiger partial charge in [0.25, 0.3) is 0 Å². The summed E-state index contributed by atoms with van der Waals surface area (Å²) in [6.45, 7) is 7.05. The number of nitrogens with zero attached hydrogens (tertiary/aromatic N) is 5. The van der Waals surface area contributed by atoms with Crippen LogP contribution >= 0.6 is 0 Å². The fraction of sp³-hybridized carbons (Fsp3) is 0.304. The highest BCUT2D eigenvalue weighted by atomic mass is 16.1. The van der Waals surface area contributed by atoms with E-state index < -0.39 is 6.04 Å². The number of nitrogens with two attached hydrogens (primary N) is 1. The minimum atomic E-state index is -0.410. The molecule has 1 unspecified atom stereocenters. The molecule has 3 heterocycles. The lowest BCUT2D eigenvalue weighted by molar-refractivity contribution is -0.123. The lowest BCUT2D eigenvalue weighted by Gasteiger charge is -2.39.